The average molecular weight is 243 g/mol. The van der Waals surface area contributed by atoms with Crippen molar-refractivity contribution >= 4 is 11.8 Å². The van der Waals surface area contributed by atoms with Gasteiger partial charge in [-0.2, -0.15) is 0 Å². The molecule has 1 heterocycles. The van der Waals surface area contributed by atoms with Crippen molar-refractivity contribution in [2.24, 2.45) is 0 Å². The molecule has 0 aromatic carbocycles. The minimum absolute atomic E-state index is 0.155. The van der Waals surface area contributed by atoms with Crippen LogP contribution in [0.15, 0.2) is 0 Å². The molecular formula is C11H21N3O3. The fourth-order valence-corrected chi connectivity index (χ4v) is 1.78. The maximum atomic E-state index is 12.3. The van der Waals surface area contributed by atoms with Gasteiger partial charge in [-0.15, -0.1) is 0 Å². The summed E-state index contributed by atoms with van der Waals surface area (Å²) in [5.41, 5.74) is -0.899. The number of hydrogen-bond donors (Lipinski definition) is 2. The molecular weight excluding hydrogens is 222 g/mol. The third kappa shape index (κ3) is 2.95. The van der Waals surface area contributed by atoms with Crippen LogP contribution in [0.4, 0.5) is 0 Å². The Balaban J connectivity index is 2.85. The van der Waals surface area contributed by atoms with Gasteiger partial charge >= 0.3 is 0 Å². The lowest BCUT2D eigenvalue weighted by molar-refractivity contribution is -0.157. The smallest absolute Gasteiger partial charge is 0.254 e. The van der Waals surface area contributed by atoms with Gasteiger partial charge in [0, 0.05) is 33.8 Å². The molecule has 98 valence electrons. The summed E-state index contributed by atoms with van der Waals surface area (Å²) >= 11 is 0. The Morgan fingerprint density at radius 1 is 1.47 bits per heavy atom. The molecule has 6 heteroatoms. The Bertz CT molecular complexity index is 304. The summed E-state index contributed by atoms with van der Waals surface area (Å²) in [7, 11) is 3.07. The number of amides is 2. The van der Waals surface area contributed by atoms with Crippen molar-refractivity contribution in [1.82, 2.24) is 15.5 Å². The van der Waals surface area contributed by atoms with Gasteiger partial charge in [0.2, 0.25) is 5.91 Å². The van der Waals surface area contributed by atoms with Crippen molar-refractivity contribution in [3.8, 4) is 0 Å². The summed E-state index contributed by atoms with van der Waals surface area (Å²) in [5, 5.41) is 5.68. The summed E-state index contributed by atoms with van der Waals surface area (Å²) in [6, 6.07) is -0.462. The molecule has 1 aliphatic rings. The van der Waals surface area contributed by atoms with Crippen molar-refractivity contribution in [2.75, 3.05) is 33.8 Å². The Hall–Kier alpha value is -1.14. The van der Waals surface area contributed by atoms with Gasteiger partial charge in [-0.25, -0.2) is 0 Å². The highest BCUT2D eigenvalue weighted by atomic mass is 16.5. The Morgan fingerprint density at radius 2 is 2.12 bits per heavy atom. The van der Waals surface area contributed by atoms with E-state index in [0.29, 0.717) is 19.6 Å². The van der Waals surface area contributed by atoms with Gasteiger partial charge in [-0.3, -0.25) is 9.59 Å². The van der Waals surface area contributed by atoms with Gasteiger partial charge in [-0.05, 0) is 13.8 Å². The van der Waals surface area contributed by atoms with Gasteiger partial charge < -0.3 is 20.3 Å². The molecule has 6 nitrogen and oxygen atoms in total. The zero-order chi connectivity index (χ0) is 13.1. The highest BCUT2D eigenvalue weighted by Crippen LogP contribution is 2.16. The van der Waals surface area contributed by atoms with Crippen LogP contribution in [0.3, 0.4) is 0 Å². The first kappa shape index (κ1) is 13.9. The largest absolute Gasteiger partial charge is 0.369 e. The Labute approximate surface area is 102 Å². The monoisotopic (exact) mass is 243 g/mol. The molecule has 1 saturated heterocycles. The van der Waals surface area contributed by atoms with E-state index < -0.39 is 11.6 Å². The van der Waals surface area contributed by atoms with Gasteiger partial charge in [0.15, 0.2) is 0 Å². The standard InChI is InChI=1S/C11H21N3O3/c1-11(2,17-4)10(16)14-6-5-13-7-8(14)9(15)12-3/h8,13H,5-7H2,1-4H3,(H,12,15). The van der Waals surface area contributed by atoms with Crippen molar-refractivity contribution in [3.05, 3.63) is 0 Å². The second kappa shape index (κ2) is 5.46. The van der Waals surface area contributed by atoms with Gasteiger partial charge in [0.05, 0.1) is 0 Å². The van der Waals surface area contributed by atoms with E-state index in [2.05, 4.69) is 10.6 Å². The molecule has 0 aliphatic carbocycles. The molecule has 0 spiro atoms. The highest BCUT2D eigenvalue weighted by Gasteiger charge is 2.39. The van der Waals surface area contributed by atoms with E-state index in [0.717, 1.165) is 0 Å². The Kier molecular flexibility index (Phi) is 4.47. The lowest BCUT2D eigenvalue weighted by atomic mass is 10.0. The van der Waals surface area contributed by atoms with Crippen LogP contribution in [0.1, 0.15) is 13.8 Å². The first-order valence-corrected chi connectivity index (χ1v) is 5.72. The molecule has 1 fully saturated rings. The molecule has 1 aliphatic heterocycles. The van der Waals surface area contributed by atoms with E-state index in [1.807, 2.05) is 0 Å². The summed E-state index contributed by atoms with van der Waals surface area (Å²) in [6.45, 7) is 5.10. The first-order valence-electron chi connectivity index (χ1n) is 5.72. The van der Waals surface area contributed by atoms with E-state index in [1.165, 1.54) is 7.11 Å². The van der Waals surface area contributed by atoms with Crippen LogP contribution in [0.2, 0.25) is 0 Å². The van der Waals surface area contributed by atoms with Crippen LogP contribution >= 0.6 is 0 Å². The number of likely N-dealkylation sites (N-methyl/N-ethyl adjacent to an activating group) is 1. The number of nitrogens with zero attached hydrogens (tertiary/aromatic N) is 1. The molecule has 2 N–H and O–H groups in total. The van der Waals surface area contributed by atoms with E-state index in [1.54, 1.807) is 25.8 Å². The lowest BCUT2D eigenvalue weighted by Gasteiger charge is -2.38. The van der Waals surface area contributed by atoms with Gasteiger partial charge in [-0.1, -0.05) is 0 Å². The number of rotatable bonds is 3. The fraction of sp³-hybridized carbons (Fsp3) is 0.818. The zero-order valence-corrected chi connectivity index (χ0v) is 10.9. The second-order valence-corrected chi connectivity index (χ2v) is 4.55. The van der Waals surface area contributed by atoms with Gasteiger partial charge in [0.25, 0.3) is 5.91 Å². The normalized spacial score (nSPS) is 21.2. The average Bonchev–Trinajstić information content (AvgIpc) is 2.36. The zero-order valence-electron chi connectivity index (χ0n) is 10.9. The maximum Gasteiger partial charge on any atom is 0.254 e. The fourth-order valence-electron chi connectivity index (χ4n) is 1.78. The van der Waals surface area contributed by atoms with E-state index in [4.69, 9.17) is 4.74 Å². The molecule has 0 bridgehead atoms. The molecule has 0 aromatic heterocycles. The molecule has 17 heavy (non-hydrogen) atoms. The SMILES string of the molecule is CNC(=O)C1CNCCN1C(=O)C(C)(C)OC. The summed E-state index contributed by atoms with van der Waals surface area (Å²) in [6.07, 6.45) is 0. The lowest BCUT2D eigenvalue weighted by Crippen LogP contribution is -2.62. The minimum Gasteiger partial charge on any atom is -0.369 e. The van der Waals surface area contributed by atoms with Crippen LogP contribution in [-0.2, 0) is 14.3 Å². The quantitative estimate of drug-likeness (QED) is 0.664. The van der Waals surface area contributed by atoms with E-state index in [9.17, 15) is 9.59 Å². The number of carbonyl (C=O) groups is 2. The molecule has 0 saturated carbocycles. The molecule has 1 unspecified atom stereocenters. The third-order valence-electron chi connectivity index (χ3n) is 3.08. The molecule has 0 aromatic rings. The van der Waals surface area contributed by atoms with Crippen LogP contribution in [0.25, 0.3) is 0 Å². The molecule has 2 amide bonds. The van der Waals surface area contributed by atoms with Gasteiger partial charge in [0.1, 0.15) is 11.6 Å². The molecule has 1 rings (SSSR count). The van der Waals surface area contributed by atoms with Crippen molar-refractivity contribution in [2.45, 2.75) is 25.5 Å². The topological polar surface area (TPSA) is 70.7 Å². The van der Waals surface area contributed by atoms with E-state index in [-0.39, 0.29) is 11.8 Å². The molecule has 1 atom stereocenters. The number of carbonyl (C=O) groups excluding carboxylic acids is 2. The number of piperazine rings is 1. The first-order chi connectivity index (χ1) is 7.94. The summed E-state index contributed by atoms with van der Waals surface area (Å²) < 4.78 is 5.17. The van der Waals surface area contributed by atoms with Crippen LogP contribution in [-0.4, -0.2) is 62.1 Å². The summed E-state index contributed by atoms with van der Waals surface area (Å²) in [5.74, 6) is -0.312. The number of ether oxygens (including phenoxy) is 1. The maximum absolute atomic E-state index is 12.3. The predicted molar refractivity (Wildman–Crippen MR) is 63.5 cm³/mol. The minimum atomic E-state index is -0.899. The number of methoxy groups -OCH3 is 1. The van der Waals surface area contributed by atoms with Crippen molar-refractivity contribution < 1.29 is 14.3 Å². The van der Waals surface area contributed by atoms with Crippen LogP contribution < -0.4 is 10.6 Å². The second-order valence-electron chi connectivity index (χ2n) is 4.55. The third-order valence-corrected chi connectivity index (χ3v) is 3.08. The Morgan fingerprint density at radius 3 is 2.65 bits per heavy atom. The molecule has 0 radical (unpaired) electrons. The predicted octanol–water partition coefficient (Wildman–Crippen LogP) is -1.04. The number of hydrogen-bond acceptors (Lipinski definition) is 4. The van der Waals surface area contributed by atoms with Crippen LogP contribution in [0, 0.1) is 0 Å². The van der Waals surface area contributed by atoms with E-state index >= 15 is 0 Å². The number of nitrogens with one attached hydrogen (secondary N) is 2. The summed E-state index contributed by atoms with van der Waals surface area (Å²) in [4.78, 5) is 25.6. The van der Waals surface area contributed by atoms with Crippen molar-refractivity contribution in [1.29, 1.82) is 0 Å². The highest BCUT2D eigenvalue weighted by molar-refractivity contribution is 5.91. The van der Waals surface area contributed by atoms with Crippen molar-refractivity contribution in [3.63, 3.8) is 0 Å². The van der Waals surface area contributed by atoms with Crippen LogP contribution in [0.5, 0.6) is 0 Å².